The fourth-order valence-electron chi connectivity index (χ4n) is 6.64. The highest BCUT2D eigenvalue weighted by atomic mass is 14.5. The number of fused-ring (bicyclic) bond motifs is 3. The maximum Gasteiger partial charge on any atom is -0.00201 e. The number of hydrogen-bond donors (Lipinski definition) is 1. The lowest BCUT2D eigenvalue weighted by Gasteiger charge is -2.19. The molecule has 2 N–H and O–H groups in total. The minimum Gasteiger partial charge on any atom is -0.405 e. The maximum absolute atomic E-state index is 5.59. The Hall–Kier alpha value is -5.40. The molecule has 0 fully saturated rings. The largest absolute Gasteiger partial charge is 0.405 e. The predicted molar refractivity (Wildman–Crippen MR) is 192 cm³/mol. The van der Waals surface area contributed by atoms with E-state index in [2.05, 4.69) is 153 Å². The first-order chi connectivity index (χ1) is 21.7. The van der Waals surface area contributed by atoms with Gasteiger partial charge in [0, 0.05) is 0 Å². The average molecular weight is 566 g/mol. The minimum atomic E-state index is 1.04. The number of nitrogens with two attached hydrogens (primary N) is 1. The Bertz CT molecular complexity index is 2160. The molecular weight excluding hydrogens is 530 g/mol. The average Bonchev–Trinajstić information content (AvgIpc) is 3.09. The van der Waals surface area contributed by atoms with E-state index >= 15 is 0 Å². The molecule has 0 amide bonds. The highest BCUT2D eigenvalue weighted by Gasteiger charge is 2.18. The Labute approximate surface area is 259 Å². The summed E-state index contributed by atoms with van der Waals surface area (Å²) in [6.45, 7) is 4.33. The van der Waals surface area contributed by atoms with Gasteiger partial charge in [0.25, 0.3) is 0 Å². The van der Waals surface area contributed by atoms with Crippen LogP contribution in [0.5, 0.6) is 0 Å². The van der Waals surface area contributed by atoms with Crippen LogP contribution in [0, 0.1) is 0 Å². The Morgan fingerprint density at radius 1 is 0.545 bits per heavy atom. The summed E-state index contributed by atoms with van der Waals surface area (Å²) in [6, 6.07) is 49.2. The lowest BCUT2D eigenvalue weighted by atomic mass is 9.84. The van der Waals surface area contributed by atoms with Gasteiger partial charge >= 0.3 is 0 Å². The van der Waals surface area contributed by atoms with Crippen molar-refractivity contribution >= 4 is 37.9 Å². The molecule has 7 aromatic carbocycles. The van der Waals surface area contributed by atoms with Crippen LogP contribution in [0.1, 0.15) is 25.0 Å². The van der Waals surface area contributed by atoms with Crippen LogP contribution in [-0.2, 0) is 6.42 Å². The van der Waals surface area contributed by atoms with Crippen molar-refractivity contribution < 1.29 is 0 Å². The molecule has 1 nitrogen and oxygen atoms in total. The highest BCUT2D eigenvalue weighted by Crippen LogP contribution is 2.46. The van der Waals surface area contributed by atoms with Gasteiger partial charge in [-0.1, -0.05) is 140 Å². The summed E-state index contributed by atoms with van der Waals surface area (Å²) in [5, 5.41) is 7.60. The number of hydrogen-bond acceptors (Lipinski definition) is 1. The van der Waals surface area contributed by atoms with Crippen molar-refractivity contribution in [1.29, 1.82) is 0 Å². The van der Waals surface area contributed by atoms with Gasteiger partial charge < -0.3 is 5.73 Å². The first-order valence-electron chi connectivity index (χ1n) is 15.4. The molecule has 0 spiro atoms. The first-order valence-corrected chi connectivity index (χ1v) is 15.4. The van der Waals surface area contributed by atoms with E-state index in [9.17, 15) is 0 Å². The molecule has 0 radical (unpaired) electrons. The third kappa shape index (κ3) is 4.77. The van der Waals surface area contributed by atoms with E-state index in [1.54, 1.807) is 6.20 Å². The summed E-state index contributed by atoms with van der Waals surface area (Å²) >= 11 is 0. The molecule has 7 rings (SSSR count). The van der Waals surface area contributed by atoms with Gasteiger partial charge in [-0.3, -0.25) is 0 Å². The molecule has 0 aromatic heterocycles. The zero-order chi connectivity index (χ0) is 30.0. The number of rotatable bonds is 6. The summed E-state index contributed by atoms with van der Waals surface area (Å²) in [7, 11) is 0. The standard InChI is InChI=1S/C43H35N/c1-3-30-23-25-31(26-24-30)42-38-15-4-6-17-40(38)43(41-18-7-5-16-39(41)42)37-22-10-20-35-34(19-9-21-36(35)37)33-14-8-13-32(28-33)29(2)12-11-27-44/h4-28H,3,44H2,1-2H3/b27-11-,29-12+. The van der Waals surface area contributed by atoms with E-state index in [-0.39, 0.29) is 0 Å². The SMILES string of the molecule is CCc1ccc(-c2c3ccccc3c(-c3cccc4c(-c5cccc(/C(C)=C/C=C\N)c5)cccc34)c3ccccc23)cc1. The van der Waals surface area contributed by atoms with Crippen molar-refractivity contribution in [2.45, 2.75) is 20.3 Å². The number of benzene rings is 7. The van der Waals surface area contributed by atoms with E-state index in [4.69, 9.17) is 5.73 Å². The molecular formula is C43H35N. The van der Waals surface area contributed by atoms with E-state index < -0.39 is 0 Å². The number of aryl methyl sites for hydroxylation is 1. The van der Waals surface area contributed by atoms with E-state index in [1.807, 2.05) is 6.08 Å². The molecule has 0 aliphatic carbocycles. The Kier molecular flexibility index (Phi) is 7.30. The molecule has 0 unspecified atom stereocenters. The lowest BCUT2D eigenvalue weighted by Crippen LogP contribution is -1.92. The molecule has 0 saturated carbocycles. The second kappa shape index (κ2) is 11.7. The zero-order valence-corrected chi connectivity index (χ0v) is 25.2. The first kappa shape index (κ1) is 27.4. The molecule has 0 aliphatic rings. The third-order valence-corrected chi connectivity index (χ3v) is 8.86. The number of allylic oxidation sites excluding steroid dienone is 3. The van der Waals surface area contributed by atoms with Gasteiger partial charge in [0.2, 0.25) is 0 Å². The van der Waals surface area contributed by atoms with Gasteiger partial charge in [0.05, 0.1) is 0 Å². The monoisotopic (exact) mass is 565 g/mol. The summed E-state index contributed by atoms with van der Waals surface area (Å²) in [5.41, 5.74) is 16.8. The van der Waals surface area contributed by atoms with Gasteiger partial charge in [0.1, 0.15) is 0 Å². The topological polar surface area (TPSA) is 26.0 Å². The molecule has 44 heavy (non-hydrogen) atoms. The smallest absolute Gasteiger partial charge is 0.00201 e. The summed E-state index contributed by atoms with van der Waals surface area (Å²) in [4.78, 5) is 0. The fourth-order valence-corrected chi connectivity index (χ4v) is 6.64. The van der Waals surface area contributed by atoms with Crippen LogP contribution in [0.4, 0.5) is 0 Å². The van der Waals surface area contributed by atoms with E-state index in [0.717, 1.165) is 6.42 Å². The van der Waals surface area contributed by atoms with E-state index in [0.29, 0.717) is 0 Å². The van der Waals surface area contributed by atoms with Gasteiger partial charge in [-0.15, -0.1) is 0 Å². The molecule has 212 valence electrons. The van der Waals surface area contributed by atoms with Crippen LogP contribution in [0.25, 0.3) is 71.3 Å². The van der Waals surface area contributed by atoms with E-state index in [1.165, 1.54) is 82.4 Å². The predicted octanol–water partition coefficient (Wildman–Crippen LogP) is 11.6. The van der Waals surface area contributed by atoms with Crippen molar-refractivity contribution in [2.24, 2.45) is 5.73 Å². The van der Waals surface area contributed by atoms with Crippen LogP contribution in [0.3, 0.4) is 0 Å². The fraction of sp³-hybridized carbons (Fsp3) is 0.0698. The molecule has 0 atom stereocenters. The summed E-state index contributed by atoms with van der Waals surface area (Å²) in [6.07, 6.45) is 6.54. The molecule has 0 bridgehead atoms. The molecule has 1 heteroatoms. The van der Waals surface area contributed by atoms with Crippen LogP contribution in [-0.4, -0.2) is 0 Å². The molecule has 0 saturated heterocycles. The van der Waals surface area contributed by atoms with Crippen molar-refractivity contribution in [2.75, 3.05) is 0 Å². The Morgan fingerprint density at radius 3 is 1.70 bits per heavy atom. The van der Waals surface area contributed by atoms with Crippen LogP contribution < -0.4 is 5.73 Å². The maximum atomic E-state index is 5.59. The Morgan fingerprint density at radius 2 is 1.09 bits per heavy atom. The van der Waals surface area contributed by atoms with Crippen molar-refractivity contribution in [3.05, 3.63) is 163 Å². The molecule has 0 heterocycles. The quantitative estimate of drug-likeness (QED) is 0.157. The third-order valence-electron chi connectivity index (χ3n) is 8.86. The highest BCUT2D eigenvalue weighted by molar-refractivity contribution is 6.24. The van der Waals surface area contributed by atoms with Gasteiger partial charge in [-0.25, -0.2) is 0 Å². The lowest BCUT2D eigenvalue weighted by molar-refractivity contribution is 1.14. The van der Waals surface area contributed by atoms with Crippen LogP contribution in [0.15, 0.2) is 152 Å². The zero-order valence-electron chi connectivity index (χ0n) is 25.2. The molecule has 7 aromatic rings. The Balaban J connectivity index is 1.49. The van der Waals surface area contributed by atoms with Crippen LogP contribution in [0.2, 0.25) is 0 Å². The van der Waals surface area contributed by atoms with Crippen molar-refractivity contribution in [3.63, 3.8) is 0 Å². The summed E-state index contributed by atoms with van der Waals surface area (Å²) in [5.74, 6) is 0. The second-order valence-corrected chi connectivity index (χ2v) is 11.4. The molecule has 0 aliphatic heterocycles. The second-order valence-electron chi connectivity index (χ2n) is 11.4. The van der Waals surface area contributed by atoms with Crippen molar-refractivity contribution in [3.8, 4) is 33.4 Å². The van der Waals surface area contributed by atoms with Gasteiger partial charge in [-0.05, 0) is 114 Å². The van der Waals surface area contributed by atoms with Gasteiger partial charge in [-0.2, -0.15) is 0 Å². The summed E-state index contributed by atoms with van der Waals surface area (Å²) < 4.78 is 0. The minimum absolute atomic E-state index is 1.04. The van der Waals surface area contributed by atoms with Gasteiger partial charge in [0.15, 0.2) is 0 Å². The van der Waals surface area contributed by atoms with Crippen LogP contribution >= 0.6 is 0 Å². The normalized spacial score (nSPS) is 12.1. The van der Waals surface area contributed by atoms with Crippen molar-refractivity contribution in [1.82, 2.24) is 0 Å².